The number of amides is 1. The molecule has 1 amide bonds. The summed E-state index contributed by atoms with van der Waals surface area (Å²) in [4.78, 5) is 18.2. The molecule has 4 rings (SSSR count). The van der Waals surface area contributed by atoms with Crippen LogP contribution in [0.5, 0.6) is 5.75 Å². The van der Waals surface area contributed by atoms with E-state index in [4.69, 9.17) is 4.74 Å². The number of rotatable bonds is 5. The first kappa shape index (κ1) is 18.4. The van der Waals surface area contributed by atoms with Gasteiger partial charge < -0.3 is 19.9 Å². The second-order valence-corrected chi connectivity index (χ2v) is 7.67. The van der Waals surface area contributed by atoms with Gasteiger partial charge in [0.2, 0.25) is 5.91 Å². The Morgan fingerprint density at radius 3 is 2.64 bits per heavy atom. The maximum atomic E-state index is 12.5. The van der Waals surface area contributed by atoms with E-state index < -0.39 is 0 Å². The Bertz CT molecular complexity index is 954. The molecule has 5 nitrogen and oxygen atoms in total. The second kappa shape index (κ2) is 7.97. The fourth-order valence-corrected chi connectivity index (χ4v) is 3.83. The number of hydrogen-bond acceptors (Lipinski definition) is 3. The molecule has 2 N–H and O–H groups in total. The van der Waals surface area contributed by atoms with Gasteiger partial charge in [0.1, 0.15) is 5.75 Å². The second-order valence-electron chi connectivity index (χ2n) is 7.67. The average Bonchev–Trinajstić information content (AvgIpc) is 3.11. The summed E-state index contributed by atoms with van der Waals surface area (Å²) in [7, 11) is 1.65. The van der Waals surface area contributed by atoms with Gasteiger partial charge in [-0.05, 0) is 66.8 Å². The highest BCUT2D eigenvalue weighted by molar-refractivity contribution is 5.96. The lowest BCUT2D eigenvalue weighted by Gasteiger charge is -2.32. The van der Waals surface area contributed by atoms with Gasteiger partial charge >= 0.3 is 0 Å². The average molecular weight is 377 g/mol. The van der Waals surface area contributed by atoms with Crippen molar-refractivity contribution >= 4 is 28.2 Å². The number of H-pyrrole nitrogens is 1. The summed E-state index contributed by atoms with van der Waals surface area (Å²) < 4.78 is 5.30. The van der Waals surface area contributed by atoms with Gasteiger partial charge in [-0.2, -0.15) is 0 Å². The quantitative estimate of drug-likeness (QED) is 0.683. The monoisotopic (exact) mass is 377 g/mol. The molecule has 5 heteroatoms. The summed E-state index contributed by atoms with van der Waals surface area (Å²) >= 11 is 0. The normalized spacial score (nSPS) is 15.0. The Hall–Kier alpha value is -2.95. The van der Waals surface area contributed by atoms with Crippen LogP contribution in [0.1, 0.15) is 25.3 Å². The molecule has 2 heterocycles. The van der Waals surface area contributed by atoms with Crippen molar-refractivity contribution in [1.29, 1.82) is 0 Å². The fourth-order valence-electron chi connectivity index (χ4n) is 3.83. The highest BCUT2D eigenvalue weighted by Crippen LogP contribution is 2.26. The Balaban J connectivity index is 1.40. The summed E-state index contributed by atoms with van der Waals surface area (Å²) in [5.41, 5.74) is 4.03. The number of fused-ring (bicyclic) bond motifs is 1. The minimum Gasteiger partial charge on any atom is -0.497 e. The molecule has 2 aromatic carbocycles. The Kier molecular flexibility index (Phi) is 5.24. The third-order valence-electron chi connectivity index (χ3n) is 5.63. The first-order valence-electron chi connectivity index (χ1n) is 9.91. The number of methoxy groups -OCH3 is 1. The van der Waals surface area contributed by atoms with E-state index in [9.17, 15) is 4.79 Å². The summed E-state index contributed by atoms with van der Waals surface area (Å²) in [5.74, 6) is 1.58. The largest absolute Gasteiger partial charge is 0.497 e. The molecule has 3 aromatic rings. The molecule has 1 aliphatic heterocycles. The molecule has 28 heavy (non-hydrogen) atoms. The maximum Gasteiger partial charge on any atom is 0.228 e. The molecule has 1 saturated heterocycles. The summed E-state index contributed by atoms with van der Waals surface area (Å²) in [6.07, 6.45) is 4.70. The maximum absolute atomic E-state index is 12.5. The Morgan fingerprint density at radius 2 is 1.93 bits per heavy atom. The van der Waals surface area contributed by atoms with Crippen LogP contribution in [-0.4, -0.2) is 31.1 Å². The zero-order valence-corrected chi connectivity index (χ0v) is 16.5. The van der Waals surface area contributed by atoms with Crippen molar-refractivity contribution in [2.24, 2.45) is 5.92 Å². The molecular weight excluding hydrogens is 350 g/mol. The summed E-state index contributed by atoms with van der Waals surface area (Å²) in [6, 6.07) is 14.0. The van der Waals surface area contributed by atoms with E-state index in [0.717, 1.165) is 46.9 Å². The molecule has 0 saturated carbocycles. The molecule has 146 valence electrons. The van der Waals surface area contributed by atoms with Crippen molar-refractivity contribution in [1.82, 2.24) is 4.98 Å². The number of ether oxygens (including phenoxy) is 1. The standard InChI is InChI=1S/C23H27N3O2/c1-16-9-11-26(12-10-16)19-5-3-18(4-6-19)25-23(27)13-17-15-24-22-8-7-20(28-2)14-21(17)22/h3-8,14-16,24H,9-13H2,1-2H3,(H,25,27). The summed E-state index contributed by atoms with van der Waals surface area (Å²) in [6.45, 7) is 4.54. The zero-order chi connectivity index (χ0) is 19.5. The summed E-state index contributed by atoms with van der Waals surface area (Å²) in [5, 5.41) is 4.03. The van der Waals surface area contributed by atoms with Gasteiger partial charge in [-0.1, -0.05) is 6.92 Å². The Morgan fingerprint density at radius 1 is 1.18 bits per heavy atom. The minimum atomic E-state index is -0.0248. The molecule has 1 aliphatic rings. The molecule has 0 spiro atoms. The first-order chi connectivity index (χ1) is 13.6. The van der Waals surface area contributed by atoms with E-state index in [2.05, 4.69) is 34.3 Å². The molecule has 0 atom stereocenters. The highest BCUT2D eigenvalue weighted by Gasteiger charge is 2.16. The molecule has 1 aromatic heterocycles. The number of aromatic nitrogens is 1. The predicted molar refractivity (Wildman–Crippen MR) is 114 cm³/mol. The van der Waals surface area contributed by atoms with Crippen LogP contribution in [0.3, 0.4) is 0 Å². The number of benzene rings is 2. The minimum absolute atomic E-state index is 0.0248. The molecule has 0 unspecified atom stereocenters. The Labute approximate surface area is 165 Å². The number of carbonyl (C=O) groups is 1. The fraction of sp³-hybridized carbons (Fsp3) is 0.348. The van der Waals surface area contributed by atoms with E-state index in [1.165, 1.54) is 18.5 Å². The molecule has 0 aliphatic carbocycles. The van der Waals surface area contributed by atoms with Gasteiger partial charge in [-0.3, -0.25) is 4.79 Å². The first-order valence-corrected chi connectivity index (χ1v) is 9.91. The zero-order valence-electron chi connectivity index (χ0n) is 16.5. The molecule has 0 bridgehead atoms. The van der Waals surface area contributed by atoms with Gasteiger partial charge in [0, 0.05) is 41.6 Å². The third kappa shape index (κ3) is 3.98. The lowest BCUT2D eigenvalue weighted by molar-refractivity contribution is -0.115. The van der Waals surface area contributed by atoms with Crippen LogP contribution in [0.4, 0.5) is 11.4 Å². The van der Waals surface area contributed by atoms with Crippen LogP contribution in [0.25, 0.3) is 10.9 Å². The van der Waals surface area contributed by atoms with Gasteiger partial charge in [0.15, 0.2) is 0 Å². The van der Waals surface area contributed by atoms with E-state index in [1.54, 1.807) is 7.11 Å². The van der Waals surface area contributed by atoms with Crippen molar-refractivity contribution in [2.75, 3.05) is 30.4 Å². The van der Waals surface area contributed by atoms with Gasteiger partial charge in [-0.25, -0.2) is 0 Å². The van der Waals surface area contributed by atoms with Crippen LogP contribution >= 0.6 is 0 Å². The topological polar surface area (TPSA) is 57.4 Å². The number of hydrogen-bond donors (Lipinski definition) is 2. The van der Waals surface area contributed by atoms with Crippen LogP contribution < -0.4 is 15.0 Å². The highest BCUT2D eigenvalue weighted by atomic mass is 16.5. The smallest absolute Gasteiger partial charge is 0.228 e. The van der Waals surface area contributed by atoms with Crippen LogP contribution in [0.15, 0.2) is 48.7 Å². The number of carbonyl (C=O) groups excluding carboxylic acids is 1. The van der Waals surface area contributed by atoms with Gasteiger partial charge in [0.05, 0.1) is 13.5 Å². The SMILES string of the molecule is COc1ccc2[nH]cc(CC(=O)Nc3ccc(N4CCC(C)CC4)cc3)c2c1. The van der Waals surface area contributed by atoms with Crippen molar-refractivity contribution in [3.05, 3.63) is 54.2 Å². The van der Waals surface area contributed by atoms with E-state index in [0.29, 0.717) is 6.42 Å². The lowest BCUT2D eigenvalue weighted by atomic mass is 9.99. The van der Waals surface area contributed by atoms with E-state index in [1.807, 2.05) is 36.5 Å². The van der Waals surface area contributed by atoms with Crippen LogP contribution in [0, 0.1) is 5.92 Å². The van der Waals surface area contributed by atoms with Crippen LogP contribution in [0.2, 0.25) is 0 Å². The third-order valence-corrected chi connectivity index (χ3v) is 5.63. The van der Waals surface area contributed by atoms with E-state index in [-0.39, 0.29) is 5.91 Å². The van der Waals surface area contributed by atoms with Crippen molar-refractivity contribution < 1.29 is 9.53 Å². The lowest BCUT2D eigenvalue weighted by Crippen LogP contribution is -2.32. The molecule has 1 fully saturated rings. The van der Waals surface area contributed by atoms with Gasteiger partial charge in [0.25, 0.3) is 0 Å². The van der Waals surface area contributed by atoms with Crippen molar-refractivity contribution in [3.8, 4) is 5.75 Å². The van der Waals surface area contributed by atoms with Gasteiger partial charge in [-0.15, -0.1) is 0 Å². The number of nitrogens with zero attached hydrogens (tertiary/aromatic N) is 1. The molecule has 0 radical (unpaired) electrons. The van der Waals surface area contributed by atoms with Crippen LogP contribution in [-0.2, 0) is 11.2 Å². The predicted octanol–water partition coefficient (Wildman–Crippen LogP) is 4.59. The molecular formula is C23H27N3O2. The number of piperidine rings is 1. The van der Waals surface area contributed by atoms with Crippen molar-refractivity contribution in [2.45, 2.75) is 26.2 Å². The number of aromatic amines is 1. The number of anilines is 2. The van der Waals surface area contributed by atoms with E-state index >= 15 is 0 Å². The van der Waals surface area contributed by atoms with Crippen molar-refractivity contribution in [3.63, 3.8) is 0 Å². The number of nitrogens with one attached hydrogen (secondary N) is 2.